The van der Waals surface area contributed by atoms with E-state index in [2.05, 4.69) is 10.3 Å². The number of aromatic nitrogens is 1. The number of pyridine rings is 1. The first-order chi connectivity index (χ1) is 9.34. The van der Waals surface area contributed by atoms with Crippen molar-refractivity contribution in [3.8, 4) is 5.75 Å². The molecule has 110 valence electrons. The van der Waals surface area contributed by atoms with Crippen LogP contribution in [0.4, 0.5) is 4.79 Å². The summed E-state index contributed by atoms with van der Waals surface area (Å²) in [7, 11) is 1.52. The lowest BCUT2D eigenvalue weighted by atomic mass is 10.2. The fraction of sp³-hybridized carbons (Fsp3) is 0.500. The van der Waals surface area contributed by atoms with Crippen LogP contribution in [0.25, 0.3) is 0 Å². The van der Waals surface area contributed by atoms with Gasteiger partial charge in [-0.05, 0) is 20.8 Å². The SMILES string of the molecule is COc1cc(C=O)nc(CCNC(=O)OC(C)(C)C)c1. The zero-order chi connectivity index (χ0) is 15.2. The smallest absolute Gasteiger partial charge is 0.407 e. The molecule has 0 atom stereocenters. The van der Waals surface area contributed by atoms with Gasteiger partial charge in [-0.15, -0.1) is 0 Å². The third-order valence-corrected chi connectivity index (χ3v) is 2.28. The van der Waals surface area contributed by atoms with Gasteiger partial charge < -0.3 is 14.8 Å². The summed E-state index contributed by atoms with van der Waals surface area (Å²) in [4.78, 5) is 26.3. The number of carbonyl (C=O) groups excluding carboxylic acids is 2. The van der Waals surface area contributed by atoms with E-state index in [-0.39, 0.29) is 0 Å². The van der Waals surface area contributed by atoms with Gasteiger partial charge in [-0.2, -0.15) is 0 Å². The lowest BCUT2D eigenvalue weighted by molar-refractivity contribution is 0.0528. The molecule has 0 saturated heterocycles. The van der Waals surface area contributed by atoms with Gasteiger partial charge in [-0.25, -0.2) is 9.78 Å². The van der Waals surface area contributed by atoms with Gasteiger partial charge in [-0.3, -0.25) is 4.79 Å². The molecule has 0 radical (unpaired) electrons. The number of alkyl carbamates (subject to hydrolysis) is 1. The van der Waals surface area contributed by atoms with E-state index in [4.69, 9.17) is 9.47 Å². The lowest BCUT2D eigenvalue weighted by Gasteiger charge is -2.19. The molecule has 0 spiro atoms. The van der Waals surface area contributed by atoms with E-state index in [1.165, 1.54) is 7.11 Å². The summed E-state index contributed by atoms with van der Waals surface area (Å²) < 4.78 is 10.2. The van der Waals surface area contributed by atoms with Crippen molar-refractivity contribution in [3.63, 3.8) is 0 Å². The molecule has 0 unspecified atom stereocenters. The molecule has 0 aromatic carbocycles. The zero-order valence-corrected chi connectivity index (χ0v) is 12.2. The molecule has 6 nitrogen and oxygen atoms in total. The monoisotopic (exact) mass is 280 g/mol. The summed E-state index contributed by atoms with van der Waals surface area (Å²) in [6.45, 7) is 5.76. The third kappa shape index (κ3) is 5.69. The molecular weight excluding hydrogens is 260 g/mol. The predicted molar refractivity (Wildman–Crippen MR) is 74.1 cm³/mol. The quantitative estimate of drug-likeness (QED) is 0.834. The summed E-state index contributed by atoms with van der Waals surface area (Å²) in [5.41, 5.74) is 0.447. The fourth-order valence-corrected chi connectivity index (χ4v) is 1.50. The summed E-state index contributed by atoms with van der Waals surface area (Å²) in [5.74, 6) is 0.564. The zero-order valence-electron chi connectivity index (χ0n) is 12.2. The van der Waals surface area contributed by atoms with Crippen LogP contribution >= 0.6 is 0 Å². The number of hydrogen-bond donors (Lipinski definition) is 1. The molecule has 1 amide bonds. The van der Waals surface area contributed by atoms with Gasteiger partial charge in [0, 0.05) is 30.8 Å². The number of aldehydes is 1. The molecule has 0 aliphatic carbocycles. The molecule has 0 aliphatic rings. The van der Waals surface area contributed by atoms with Crippen molar-refractivity contribution in [1.29, 1.82) is 0 Å². The van der Waals surface area contributed by atoms with Crippen molar-refractivity contribution < 1.29 is 19.1 Å². The number of ether oxygens (including phenoxy) is 2. The molecule has 0 aliphatic heterocycles. The minimum absolute atomic E-state index is 0.302. The number of carbonyl (C=O) groups is 2. The molecule has 0 bridgehead atoms. The number of nitrogens with zero attached hydrogens (tertiary/aromatic N) is 1. The van der Waals surface area contributed by atoms with Crippen LogP contribution in [0.15, 0.2) is 12.1 Å². The minimum Gasteiger partial charge on any atom is -0.497 e. The molecule has 20 heavy (non-hydrogen) atoms. The molecule has 0 saturated carbocycles. The normalized spacial score (nSPS) is 10.8. The van der Waals surface area contributed by atoms with Gasteiger partial charge in [0.1, 0.15) is 17.0 Å². The Morgan fingerprint density at radius 1 is 1.40 bits per heavy atom. The van der Waals surface area contributed by atoms with Crippen LogP contribution in [0.2, 0.25) is 0 Å². The summed E-state index contributed by atoms with van der Waals surface area (Å²) in [6.07, 6.45) is 0.668. The highest BCUT2D eigenvalue weighted by molar-refractivity contribution is 5.72. The lowest BCUT2D eigenvalue weighted by Crippen LogP contribution is -2.33. The second-order valence-electron chi connectivity index (χ2n) is 5.22. The largest absolute Gasteiger partial charge is 0.497 e. The third-order valence-electron chi connectivity index (χ3n) is 2.28. The standard InChI is InChI=1S/C14H20N2O4/c1-14(2,3)20-13(18)15-6-5-10-7-12(19-4)8-11(9-17)16-10/h7-9H,5-6H2,1-4H3,(H,15,18). The number of methoxy groups -OCH3 is 1. The van der Waals surface area contributed by atoms with Crippen molar-refractivity contribution in [3.05, 3.63) is 23.5 Å². The molecule has 6 heteroatoms. The maximum absolute atomic E-state index is 11.5. The molecular formula is C14H20N2O4. The first kappa shape index (κ1) is 15.9. The van der Waals surface area contributed by atoms with Crippen molar-refractivity contribution in [2.24, 2.45) is 0 Å². The maximum Gasteiger partial charge on any atom is 0.407 e. The number of amides is 1. The van der Waals surface area contributed by atoms with Crippen LogP contribution < -0.4 is 10.1 Å². The van der Waals surface area contributed by atoms with Gasteiger partial charge >= 0.3 is 6.09 Å². The van der Waals surface area contributed by atoms with E-state index in [1.807, 2.05) is 0 Å². The molecule has 0 fully saturated rings. The molecule has 1 N–H and O–H groups in total. The Morgan fingerprint density at radius 2 is 2.10 bits per heavy atom. The van der Waals surface area contributed by atoms with Gasteiger partial charge in [0.15, 0.2) is 6.29 Å². The van der Waals surface area contributed by atoms with Crippen molar-refractivity contribution in [2.75, 3.05) is 13.7 Å². The van der Waals surface area contributed by atoms with Crippen molar-refractivity contribution in [1.82, 2.24) is 10.3 Å². The predicted octanol–water partition coefficient (Wildman–Crippen LogP) is 1.97. The van der Waals surface area contributed by atoms with Crippen molar-refractivity contribution in [2.45, 2.75) is 32.8 Å². The fourth-order valence-electron chi connectivity index (χ4n) is 1.50. The Kier molecular flexibility index (Phi) is 5.49. The maximum atomic E-state index is 11.5. The summed E-state index contributed by atoms with van der Waals surface area (Å²) in [6, 6.07) is 3.28. The van der Waals surface area contributed by atoms with E-state index >= 15 is 0 Å². The van der Waals surface area contributed by atoms with Crippen LogP contribution in [0.1, 0.15) is 37.0 Å². The van der Waals surface area contributed by atoms with Crippen LogP contribution in [0.5, 0.6) is 5.75 Å². The van der Waals surface area contributed by atoms with Crippen LogP contribution in [-0.2, 0) is 11.2 Å². The van der Waals surface area contributed by atoms with Crippen LogP contribution in [0.3, 0.4) is 0 Å². The highest BCUT2D eigenvalue weighted by Crippen LogP contribution is 2.13. The topological polar surface area (TPSA) is 77.5 Å². The number of hydrogen-bond acceptors (Lipinski definition) is 5. The first-order valence-corrected chi connectivity index (χ1v) is 6.31. The van der Waals surface area contributed by atoms with E-state index in [0.29, 0.717) is 36.4 Å². The first-order valence-electron chi connectivity index (χ1n) is 6.31. The average Bonchev–Trinajstić information content (AvgIpc) is 2.36. The van der Waals surface area contributed by atoms with Gasteiger partial charge in [0.2, 0.25) is 0 Å². The average molecular weight is 280 g/mol. The highest BCUT2D eigenvalue weighted by Gasteiger charge is 2.15. The molecule has 1 aromatic rings. The van der Waals surface area contributed by atoms with Gasteiger partial charge in [0.05, 0.1) is 7.11 Å². The Balaban J connectivity index is 2.53. The van der Waals surface area contributed by atoms with Crippen LogP contribution in [0, 0.1) is 0 Å². The Hall–Kier alpha value is -2.11. The number of nitrogens with one attached hydrogen (secondary N) is 1. The summed E-state index contributed by atoms with van der Waals surface area (Å²) in [5, 5.41) is 2.63. The van der Waals surface area contributed by atoms with E-state index in [1.54, 1.807) is 32.9 Å². The van der Waals surface area contributed by atoms with Gasteiger partial charge in [0.25, 0.3) is 0 Å². The molecule has 1 heterocycles. The van der Waals surface area contributed by atoms with Crippen LogP contribution in [-0.4, -0.2) is 36.6 Å². The second-order valence-corrected chi connectivity index (χ2v) is 5.22. The van der Waals surface area contributed by atoms with E-state index in [9.17, 15) is 9.59 Å². The van der Waals surface area contributed by atoms with Gasteiger partial charge in [-0.1, -0.05) is 0 Å². The van der Waals surface area contributed by atoms with Crippen molar-refractivity contribution >= 4 is 12.4 Å². The molecule has 1 rings (SSSR count). The van der Waals surface area contributed by atoms with E-state index in [0.717, 1.165) is 0 Å². The number of rotatable bonds is 5. The van der Waals surface area contributed by atoms with E-state index < -0.39 is 11.7 Å². The minimum atomic E-state index is -0.525. The summed E-state index contributed by atoms with van der Waals surface area (Å²) >= 11 is 0. The Morgan fingerprint density at radius 3 is 2.65 bits per heavy atom. The highest BCUT2D eigenvalue weighted by atomic mass is 16.6. The Labute approximate surface area is 118 Å². The Bertz CT molecular complexity index is 481. The molecule has 1 aromatic heterocycles. The second kappa shape index (κ2) is 6.88.